The Balaban J connectivity index is 0.000000140. The molecule has 2 aliphatic rings. The van der Waals surface area contributed by atoms with Crippen molar-refractivity contribution in [3.63, 3.8) is 0 Å². The van der Waals surface area contributed by atoms with E-state index in [1.807, 2.05) is 31.2 Å². The van der Waals surface area contributed by atoms with Crippen molar-refractivity contribution in [3.05, 3.63) is 279 Å². The van der Waals surface area contributed by atoms with Crippen LogP contribution < -0.4 is 5.73 Å². The summed E-state index contributed by atoms with van der Waals surface area (Å²) in [6.07, 6.45) is 0.939. The standard InChI is InChI=1S/C36H32.C22H19Cl.C13H13N/c1-24-18-19-28(26-12-7-5-8-13-26)21-29(24)22-30-23-32-34(20-25(30)2)36(3,4)33-17-11-16-31(35(32)33)27-14-9-6-10-15-27;1-14-12-19-17(13-20(14)23)21-16(15-8-5-4-6-9-15)10-7-11-18(21)22(19,2)3;1-10-7-8-12(9-13(10)14)11-5-3-2-4-6-11/h5-21,23H,22H2,1-4H3;4-13H,1-3H3;2-9H,14H2,1H3. The molecule has 360 valence electrons. The molecule has 0 unspecified atom stereocenters. The zero-order valence-electron chi connectivity index (χ0n) is 43.4. The number of aryl methyl sites for hydroxylation is 4. The average Bonchev–Trinajstić information content (AvgIpc) is 3.78. The van der Waals surface area contributed by atoms with Crippen LogP contribution in [0.25, 0.3) is 66.8 Å². The lowest BCUT2D eigenvalue weighted by molar-refractivity contribution is 0.659. The van der Waals surface area contributed by atoms with Crippen molar-refractivity contribution in [2.75, 3.05) is 5.73 Å². The molecule has 10 aromatic carbocycles. The van der Waals surface area contributed by atoms with Crippen molar-refractivity contribution >= 4 is 17.3 Å². The van der Waals surface area contributed by atoms with Gasteiger partial charge >= 0.3 is 0 Å². The molecule has 0 saturated heterocycles. The Hall–Kier alpha value is -7.71. The van der Waals surface area contributed by atoms with E-state index in [1.54, 1.807) is 0 Å². The predicted molar refractivity (Wildman–Crippen MR) is 314 cm³/mol. The molecule has 0 bridgehead atoms. The molecule has 0 radical (unpaired) electrons. The maximum atomic E-state index is 6.45. The fraction of sp³-hybridized carbons (Fsp3) is 0.155. The van der Waals surface area contributed by atoms with Crippen LogP contribution in [0, 0.1) is 27.7 Å². The summed E-state index contributed by atoms with van der Waals surface area (Å²) in [7, 11) is 0. The number of benzene rings is 10. The molecule has 0 fully saturated rings. The molecule has 12 rings (SSSR count). The Bertz CT molecular complexity index is 3620. The van der Waals surface area contributed by atoms with Crippen LogP contribution in [0.3, 0.4) is 0 Å². The first-order valence-electron chi connectivity index (χ1n) is 25.6. The number of hydrogen-bond donors (Lipinski definition) is 1. The molecule has 0 aliphatic heterocycles. The molecule has 0 amide bonds. The predicted octanol–water partition coefficient (Wildman–Crippen LogP) is 19.4. The van der Waals surface area contributed by atoms with Crippen molar-refractivity contribution in [2.45, 2.75) is 72.6 Å². The van der Waals surface area contributed by atoms with Crippen LogP contribution in [0.2, 0.25) is 5.02 Å². The smallest absolute Gasteiger partial charge is 0.0441 e. The molecular formula is C71H64ClN. The molecule has 10 aromatic rings. The third kappa shape index (κ3) is 9.47. The molecule has 0 heterocycles. The molecule has 0 spiro atoms. The molecule has 2 aliphatic carbocycles. The summed E-state index contributed by atoms with van der Waals surface area (Å²) in [4.78, 5) is 0. The molecule has 1 nitrogen and oxygen atoms in total. The SMILES string of the molecule is Cc1cc2c(cc1Cl)-c1c(-c3ccccc3)cccc1C2(C)C.Cc1ccc(-c2ccccc2)cc1Cc1cc2c(cc1C)C(C)(C)c1cccc(-c3ccccc3)c1-2.Cc1ccc(-c2ccccc2)cc1N. The lowest BCUT2D eigenvalue weighted by atomic mass is 9.81. The first-order valence-corrected chi connectivity index (χ1v) is 26.0. The summed E-state index contributed by atoms with van der Waals surface area (Å²) >= 11 is 6.45. The van der Waals surface area contributed by atoms with E-state index in [4.69, 9.17) is 17.3 Å². The van der Waals surface area contributed by atoms with Crippen LogP contribution in [0.4, 0.5) is 5.69 Å². The molecule has 73 heavy (non-hydrogen) atoms. The second-order valence-corrected chi connectivity index (χ2v) is 21.4. The van der Waals surface area contributed by atoms with Crippen molar-refractivity contribution in [2.24, 2.45) is 0 Å². The third-order valence-electron chi connectivity index (χ3n) is 15.5. The number of nitrogen functional groups attached to an aromatic ring is 1. The largest absolute Gasteiger partial charge is 0.398 e. The van der Waals surface area contributed by atoms with Gasteiger partial charge in [0.25, 0.3) is 0 Å². The van der Waals surface area contributed by atoms with Gasteiger partial charge in [0.15, 0.2) is 0 Å². The Morgan fingerprint density at radius 3 is 1.22 bits per heavy atom. The summed E-state index contributed by atoms with van der Waals surface area (Å²) in [5.74, 6) is 0. The number of nitrogens with two attached hydrogens (primary N) is 1. The Labute approximate surface area is 439 Å². The third-order valence-corrected chi connectivity index (χ3v) is 15.9. The molecule has 0 atom stereocenters. The Morgan fingerprint density at radius 2 is 0.740 bits per heavy atom. The number of fused-ring (bicyclic) bond motifs is 6. The van der Waals surface area contributed by atoms with E-state index >= 15 is 0 Å². The van der Waals surface area contributed by atoms with Gasteiger partial charge in [-0.05, 0) is 169 Å². The first kappa shape index (κ1) is 48.9. The monoisotopic (exact) mass is 965 g/mol. The molecule has 0 saturated carbocycles. The Kier molecular flexibility index (Phi) is 13.4. The van der Waals surface area contributed by atoms with E-state index in [9.17, 15) is 0 Å². The zero-order chi connectivity index (χ0) is 51.0. The highest BCUT2D eigenvalue weighted by Gasteiger charge is 2.38. The van der Waals surface area contributed by atoms with Crippen LogP contribution in [0.5, 0.6) is 0 Å². The number of hydrogen-bond acceptors (Lipinski definition) is 1. The molecule has 2 heteroatoms. The van der Waals surface area contributed by atoms with Crippen molar-refractivity contribution < 1.29 is 0 Å². The normalized spacial score (nSPS) is 13.1. The van der Waals surface area contributed by atoms with Gasteiger partial charge in [-0.3, -0.25) is 0 Å². The van der Waals surface area contributed by atoms with Gasteiger partial charge in [0.05, 0.1) is 0 Å². The summed E-state index contributed by atoms with van der Waals surface area (Å²) in [5.41, 5.74) is 35.6. The molecular weight excluding hydrogens is 902 g/mol. The number of rotatable bonds is 6. The lowest BCUT2D eigenvalue weighted by Crippen LogP contribution is -2.15. The highest BCUT2D eigenvalue weighted by Crippen LogP contribution is 2.54. The van der Waals surface area contributed by atoms with E-state index in [0.717, 1.165) is 28.3 Å². The maximum Gasteiger partial charge on any atom is 0.0441 e. The molecule has 0 aromatic heterocycles. The number of halogens is 1. The fourth-order valence-corrected chi connectivity index (χ4v) is 11.3. The van der Waals surface area contributed by atoms with E-state index in [1.165, 1.54) is 111 Å². The van der Waals surface area contributed by atoms with Crippen LogP contribution >= 0.6 is 11.6 Å². The minimum absolute atomic E-state index is 0.00477. The van der Waals surface area contributed by atoms with Gasteiger partial charge in [-0.1, -0.05) is 246 Å². The van der Waals surface area contributed by atoms with E-state index < -0.39 is 0 Å². The fourth-order valence-electron chi connectivity index (χ4n) is 11.1. The van der Waals surface area contributed by atoms with Gasteiger partial charge in [0.2, 0.25) is 0 Å². The summed E-state index contributed by atoms with van der Waals surface area (Å²) in [5, 5.41) is 0.843. The second kappa shape index (κ2) is 20.1. The van der Waals surface area contributed by atoms with Gasteiger partial charge in [-0.15, -0.1) is 0 Å². The van der Waals surface area contributed by atoms with E-state index in [0.29, 0.717) is 0 Å². The van der Waals surface area contributed by atoms with Gasteiger partial charge in [0, 0.05) is 21.5 Å². The highest BCUT2D eigenvalue weighted by molar-refractivity contribution is 6.31. The van der Waals surface area contributed by atoms with Gasteiger partial charge in [-0.25, -0.2) is 0 Å². The van der Waals surface area contributed by atoms with Crippen LogP contribution in [-0.4, -0.2) is 0 Å². The second-order valence-electron chi connectivity index (χ2n) is 21.0. The number of anilines is 1. The van der Waals surface area contributed by atoms with Crippen molar-refractivity contribution in [3.8, 4) is 66.8 Å². The topological polar surface area (TPSA) is 26.0 Å². The lowest BCUT2D eigenvalue weighted by Gasteiger charge is -2.22. The van der Waals surface area contributed by atoms with E-state index in [2.05, 4.69) is 243 Å². The van der Waals surface area contributed by atoms with Crippen molar-refractivity contribution in [1.82, 2.24) is 0 Å². The van der Waals surface area contributed by atoms with Crippen LogP contribution in [0.1, 0.15) is 83.3 Å². The van der Waals surface area contributed by atoms with Crippen LogP contribution in [-0.2, 0) is 17.3 Å². The molecule has 2 N–H and O–H groups in total. The minimum Gasteiger partial charge on any atom is -0.398 e. The zero-order valence-corrected chi connectivity index (χ0v) is 44.2. The Morgan fingerprint density at radius 1 is 0.329 bits per heavy atom. The highest BCUT2D eigenvalue weighted by atomic mass is 35.5. The summed E-state index contributed by atoms with van der Waals surface area (Å²) in [6, 6.07) is 78.3. The van der Waals surface area contributed by atoms with Gasteiger partial charge in [-0.2, -0.15) is 0 Å². The van der Waals surface area contributed by atoms with Gasteiger partial charge in [0.1, 0.15) is 0 Å². The van der Waals surface area contributed by atoms with Crippen molar-refractivity contribution in [1.29, 1.82) is 0 Å². The summed E-state index contributed by atoms with van der Waals surface area (Å²) < 4.78 is 0. The maximum absolute atomic E-state index is 6.45. The minimum atomic E-state index is -0.0120. The average molecular weight is 967 g/mol. The first-order chi connectivity index (χ1) is 35.2. The van der Waals surface area contributed by atoms with Crippen LogP contribution in [0.15, 0.2) is 218 Å². The quantitative estimate of drug-likeness (QED) is 0.165. The summed E-state index contributed by atoms with van der Waals surface area (Å²) in [6.45, 7) is 18.0. The van der Waals surface area contributed by atoms with Gasteiger partial charge < -0.3 is 5.73 Å². The van der Waals surface area contributed by atoms with E-state index in [-0.39, 0.29) is 10.8 Å².